The van der Waals surface area contributed by atoms with Crippen molar-refractivity contribution in [2.45, 2.75) is 40.3 Å². The van der Waals surface area contributed by atoms with Crippen LogP contribution in [0.25, 0.3) is 0 Å². The quantitative estimate of drug-likeness (QED) is 0.696. The molecule has 1 aromatic carbocycles. The van der Waals surface area contributed by atoms with Gasteiger partial charge in [-0.1, -0.05) is 26.8 Å². The smallest absolute Gasteiger partial charge is 0.338 e. The van der Waals surface area contributed by atoms with Crippen LogP contribution in [0.2, 0.25) is 0 Å². The lowest BCUT2D eigenvalue weighted by Crippen LogP contribution is -2.11. The van der Waals surface area contributed by atoms with Crippen molar-refractivity contribution < 1.29 is 14.3 Å². The molecule has 0 fully saturated rings. The molecule has 0 atom stereocenters. The van der Waals surface area contributed by atoms with E-state index in [1.165, 1.54) is 0 Å². The third-order valence-corrected chi connectivity index (χ3v) is 3.03. The van der Waals surface area contributed by atoms with Crippen LogP contribution in [0.5, 0.6) is 5.75 Å². The fourth-order valence-electron chi connectivity index (χ4n) is 1.90. The van der Waals surface area contributed by atoms with Crippen LogP contribution in [0, 0.1) is 5.92 Å². The predicted molar refractivity (Wildman–Crippen MR) is 84.0 cm³/mol. The standard InChI is InChI=1S/C16H22N4O3/c1-4-8-20-15(17-18-19-20)11-23-16(21)13-6-5-7-14(9-13)22-10-12(2)3/h5-7,9,12H,4,8,10-11H2,1-3H3. The number of esters is 1. The highest BCUT2D eigenvalue weighted by atomic mass is 16.5. The molecule has 0 unspecified atom stereocenters. The summed E-state index contributed by atoms with van der Waals surface area (Å²) in [7, 11) is 0. The maximum Gasteiger partial charge on any atom is 0.338 e. The lowest BCUT2D eigenvalue weighted by atomic mass is 10.2. The van der Waals surface area contributed by atoms with E-state index in [0.717, 1.165) is 6.42 Å². The van der Waals surface area contributed by atoms with Crippen LogP contribution in [-0.4, -0.2) is 32.8 Å². The van der Waals surface area contributed by atoms with Crippen molar-refractivity contribution >= 4 is 5.97 Å². The molecule has 0 bridgehead atoms. The lowest BCUT2D eigenvalue weighted by Gasteiger charge is -2.10. The average molecular weight is 318 g/mol. The van der Waals surface area contributed by atoms with Crippen molar-refractivity contribution in [3.8, 4) is 5.75 Å². The number of benzene rings is 1. The molecule has 0 radical (unpaired) electrons. The van der Waals surface area contributed by atoms with Gasteiger partial charge in [-0.25, -0.2) is 9.48 Å². The van der Waals surface area contributed by atoms with Gasteiger partial charge in [-0.15, -0.1) is 5.10 Å². The first-order valence-corrected chi connectivity index (χ1v) is 7.75. The Labute approximate surface area is 135 Å². The minimum Gasteiger partial charge on any atom is -0.493 e. The maximum atomic E-state index is 12.1. The summed E-state index contributed by atoms with van der Waals surface area (Å²) in [4.78, 5) is 12.1. The summed E-state index contributed by atoms with van der Waals surface area (Å²) < 4.78 is 12.5. The van der Waals surface area contributed by atoms with Crippen LogP contribution in [-0.2, 0) is 17.9 Å². The number of carbonyl (C=O) groups is 1. The second-order valence-corrected chi connectivity index (χ2v) is 5.63. The van der Waals surface area contributed by atoms with Gasteiger partial charge in [-0.2, -0.15) is 0 Å². The number of nitrogens with zero attached hydrogens (tertiary/aromatic N) is 4. The summed E-state index contributed by atoms with van der Waals surface area (Å²) in [5.41, 5.74) is 0.445. The molecular formula is C16H22N4O3. The summed E-state index contributed by atoms with van der Waals surface area (Å²) in [6, 6.07) is 6.97. The molecule has 1 heterocycles. The van der Waals surface area contributed by atoms with Gasteiger partial charge in [-0.3, -0.25) is 0 Å². The summed E-state index contributed by atoms with van der Waals surface area (Å²) in [5, 5.41) is 11.3. The third-order valence-electron chi connectivity index (χ3n) is 3.03. The zero-order valence-electron chi connectivity index (χ0n) is 13.7. The van der Waals surface area contributed by atoms with E-state index in [-0.39, 0.29) is 6.61 Å². The van der Waals surface area contributed by atoms with Gasteiger partial charge in [0.05, 0.1) is 12.2 Å². The van der Waals surface area contributed by atoms with Crippen molar-refractivity contribution in [2.75, 3.05) is 6.61 Å². The molecule has 0 spiro atoms. The summed E-state index contributed by atoms with van der Waals surface area (Å²) in [6.45, 7) is 7.50. The Balaban J connectivity index is 1.95. The fourth-order valence-corrected chi connectivity index (χ4v) is 1.90. The molecule has 2 rings (SSSR count). The van der Waals surface area contributed by atoms with Gasteiger partial charge < -0.3 is 9.47 Å². The van der Waals surface area contributed by atoms with E-state index in [0.29, 0.717) is 36.2 Å². The second kappa shape index (κ2) is 8.26. The van der Waals surface area contributed by atoms with Crippen molar-refractivity contribution in [3.63, 3.8) is 0 Å². The van der Waals surface area contributed by atoms with Gasteiger partial charge >= 0.3 is 5.97 Å². The summed E-state index contributed by atoms with van der Waals surface area (Å²) >= 11 is 0. The largest absolute Gasteiger partial charge is 0.493 e. The number of aromatic nitrogens is 4. The SMILES string of the molecule is CCCn1nnnc1COC(=O)c1cccc(OCC(C)C)c1. The first-order valence-electron chi connectivity index (χ1n) is 7.75. The number of aryl methyl sites for hydroxylation is 1. The summed E-state index contributed by atoms with van der Waals surface area (Å²) in [6.07, 6.45) is 0.904. The van der Waals surface area contributed by atoms with Crippen LogP contribution >= 0.6 is 0 Å². The van der Waals surface area contributed by atoms with E-state index in [1.54, 1.807) is 22.9 Å². The Bertz CT molecular complexity index is 640. The number of carbonyl (C=O) groups excluding carboxylic acids is 1. The Morgan fingerprint density at radius 1 is 1.35 bits per heavy atom. The monoisotopic (exact) mass is 318 g/mol. The molecule has 0 aliphatic heterocycles. The molecule has 7 nitrogen and oxygen atoms in total. The molecule has 0 saturated heterocycles. The minimum atomic E-state index is -0.425. The second-order valence-electron chi connectivity index (χ2n) is 5.63. The third kappa shape index (κ3) is 5.05. The van der Waals surface area contributed by atoms with Crippen molar-refractivity contribution in [2.24, 2.45) is 5.92 Å². The van der Waals surface area contributed by atoms with E-state index >= 15 is 0 Å². The number of tetrazole rings is 1. The Morgan fingerprint density at radius 3 is 2.91 bits per heavy atom. The molecule has 0 saturated carbocycles. The maximum absolute atomic E-state index is 12.1. The van der Waals surface area contributed by atoms with E-state index < -0.39 is 5.97 Å². The molecule has 0 aliphatic carbocycles. The number of ether oxygens (including phenoxy) is 2. The zero-order valence-corrected chi connectivity index (χ0v) is 13.7. The molecule has 0 N–H and O–H groups in total. The molecule has 0 amide bonds. The Hall–Kier alpha value is -2.44. The minimum absolute atomic E-state index is 0.0446. The van der Waals surface area contributed by atoms with Crippen LogP contribution in [0.1, 0.15) is 43.4 Å². The first-order chi connectivity index (χ1) is 11.1. The fraction of sp³-hybridized carbons (Fsp3) is 0.500. The topological polar surface area (TPSA) is 79.1 Å². The van der Waals surface area contributed by atoms with Crippen molar-refractivity contribution in [1.82, 2.24) is 20.2 Å². The van der Waals surface area contributed by atoms with E-state index in [2.05, 4.69) is 29.4 Å². The predicted octanol–water partition coefficient (Wildman–Crippen LogP) is 2.47. The Kier molecular flexibility index (Phi) is 6.08. The summed E-state index contributed by atoms with van der Waals surface area (Å²) in [5.74, 6) is 1.19. The van der Waals surface area contributed by atoms with Gasteiger partial charge in [0, 0.05) is 6.54 Å². The van der Waals surface area contributed by atoms with E-state index in [9.17, 15) is 4.79 Å². The van der Waals surface area contributed by atoms with Crippen molar-refractivity contribution in [3.05, 3.63) is 35.7 Å². The molecule has 0 aliphatic rings. The molecule has 7 heteroatoms. The highest BCUT2D eigenvalue weighted by molar-refractivity contribution is 5.89. The van der Waals surface area contributed by atoms with Gasteiger partial charge in [0.1, 0.15) is 5.75 Å². The molecular weight excluding hydrogens is 296 g/mol. The molecule has 124 valence electrons. The van der Waals surface area contributed by atoms with Gasteiger partial charge in [0.2, 0.25) is 0 Å². The molecule has 23 heavy (non-hydrogen) atoms. The zero-order chi connectivity index (χ0) is 16.7. The van der Waals surface area contributed by atoms with Gasteiger partial charge in [0.25, 0.3) is 0 Å². The van der Waals surface area contributed by atoms with Gasteiger partial charge in [0.15, 0.2) is 12.4 Å². The van der Waals surface area contributed by atoms with E-state index in [4.69, 9.17) is 9.47 Å². The van der Waals surface area contributed by atoms with Crippen LogP contribution < -0.4 is 4.74 Å². The number of hydrogen-bond donors (Lipinski definition) is 0. The molecule has 2 aromatic rings. The highest BCUT2D eigenvalue weighted by Gasteiger charge is 2.12. The van der Waals surface area contributed by atoms with Crippen LogP contribution in [0.4, 0.5) is 0 Å². The number of hydrogen-bond acceptors (Lipinski definition) is 6. The molecule has 1 aromatic heterocycles. The van der Waals surface area contributed by atoms with E-state index in [1.807, 2.05) is 13.0 Å². The normalized spacial score (nSPS) is 10.8. The lowest BCUT2D eigenvalue weighted by molar-refractivity contribution is 0.0456. The van der Waals surface area contributed by atoms with Gasteiger partial charge in [-0.05, 0) is 41.0 Å². The highest BCUT2D eigenvalue weighted by Crippen LogP contribution is 2.15. The number of rotatable bonds is 8. The average Bonchev–Trinajstić information content (AvgIpc) is 2.98. The van der Waals surface area contributed by atoms with Crippen molar-refractivity contribution in [1.29, 1.82) is 0 Å². The Morgan fingerprint density at radius 2 is 2.17 bits per heavy atom. The van der Waals surface area contributed by atoms with Crippen LogP contribution in [0.3, 0.4) is 0 Å². The first kappa shape index (κ1) is 16.9. The van der Waals surface area contributed by atoms with Crippen LogP contribution in [0.15, 0.2) is 24.3 Å².